The van der Waals surface area contributed by atoms with Crippen LogP contribution in [0.5, 0.6) is 0 Å². The number of hydrogen-bond donors (Lipinski definition) is 2. The first-order valence-corrected chi connectivity index (χ1v) is 7.75. The molecule has 1 heterocycles. The van der Waals surface area contributed by atoms with Gasteiger partial charge in [-0.3, -0.25) is 0 Å². The number of imidazole rings is 1. The molecule has 108 valence electrons. The Morgan fingerprint density at radius 2 is 2.05 bits per heavy atom. The minimum atomic E-state index is -3.77. The predicted octanol–water partition coefficient (Wildman–Crippen LogP) is 1.05. The molecule has 0 aliphatic heterocycles. The second-order valence-corrected chi connectivity index (χ2v) is 6.36. The SMILES string of the molecule is Cn1cnc(S(=O)(=O)NC[C@H](N)c2ccccc2)c1Cl. The Bertz CT molecular complexity index is 685. The molecule has 2 aromatic rings. The van der Waals surface area contributed by atoms with Crippen LogP contribution in [0.2, 0.25) is 5.15 Å². The number of nitrogens with two attached hydrogens (primary N) is 1. The number of nitrogens with one attached hydrogen (secondary N) is 1. The van der Waals surface area contributed by atoms with Gasteiger partial charge in [-0.05, 0) is 5.56 Å². The molecule has 6 nitrogen and oxygen atoms in total. The summed E-state index contributed by atoms with van der Waals surface area (Å²) in [6.45, 7) is 0.0687. The number of rotatable bonds is 5. The molecule has 0 amide bonds. The Balaban J connectivity index is 2.09. The number of nitrogens with zero attached hydrogens (tertiary/aromatic N) is 2. The molecule has 0 aliphatic carbocycles. The smallest absolute Gasteiger partial charge is 0.261 e. The number of hydrogen-bond acceptors (Lipinski definition) is 4. The van der Waals surface area contributed by atoms with E-state index in [1.165, 1.54) is 10.9 Å². The van der Waals surface area contributed by atoms with E-state index in [0.717, 1.165) is 5.56 Å². The Morgan fingerprint density at radius 3 is 2.60 bits per heavy atom. The standard InChI is InChI=1S/C12H15ClN4O2S/c1-17-8-15-12(11(17)13)20(18,19)16-7-10(14)9-5-3-2-4-6-9/h2-6,8,10,16H,7,14H2,1H3/t10-/m0/s1. The average molecular weight is 315 g/mol. The second kappa shape index (κ2) is 5.92. The van der Waals surface area contributed by atoms with Crippen molar-refractivity contribution in [2.45, 2.75) is 11.1 Å². The highest BCUT2D eigenvalue weighted by molar-refractivity contribution is 7.89. The molecule has 3 N–H and O–H groups in total. The zero-order chi connectivity index (χ0) is 14.8. The molecule has 0 spiro atoms. The third kappa shape index (κ3) is 3.18. The zero-order valence-corrected chi connectivity index (χ0v) is 12.4. The average Bonchev–Trinajstić information content (AvgIpc) is 2.78. The maximum atomic E-state index is 12.1. The molecule has 0 fully saturated rings. The van der Waals surface area contributed by atoms with E-state index >= 15 is 0 Å². The maximum Gasteiger partial charge on any atom is 0.261 e. The van der Waals surface area contributed by atoms with Gasteiger partial charge in [-0.25, -0.2) is 18.1 Å². The normalized spacial score (nSPS) is 13.3. The first kappa shape index (κ1) is 15.0. The van der Waals surface area contributed by atoms with Crippen LogP contribution in [0.4, 0.5) is 0 Å². The van der Waals surface area contributed by atoms with Crippen molar-refractivity contribution in [3.63, 3.8) is 0 Å². The highest BCUT2D eigenvalue weighted by Crippen LogP contribution is 2.18. The van der Waals surface area contributed by atoms with E-state index in [0.29, 0.717) is 0 Å². The quantitative estimate of drug-likeness (QED) is 0.863. The van der Waals surface area contributed by atoms with Crippen LogP contribution in [0.3, 0.4) is 0 Å². The van der Waals surface area contributed by atoms with Gasteiger partial charge >= 0.3 is 0 Å². The van der Waals surface area contributed by atoms with Crippen molar-refractivity contribution in [2.24, 2.45) is 12.8 Å². The van der Waals surface area contributed by atoms with Crippen molar-refractivity contribution in [1.29, 1.82) is 0 Å². The molecule has 0 radical (unpaired) electrons. The van der Waals surface area contributed by atoms with Gasteiger partial charge in [0, 0.05) is 19.6 Å². The van der Waals surface area contributed by atoms with Crippen LogP contribution in [0.1, 0.15) is 11.6 Å². The van der Waals surface area contributed by atoms with E-state index in [1.807, 2.05) is 30.3 Å². The third-order valence-electron chi connectivity index (χ3n) is 2.81. The molecule has 0 saturated heterocycles. The summed E-state index contributed by atoms with van der Waals surface area (Å²) in [6, 6.07) is 8.81. The van der Waals surface area contributed by atoms with E-state index in [4.69, 9.17) is 17.3 Å². The van der Waals surface area contributed by atoms with Crippen molar-refractivity contribution in [2.75, 3.05) is 6.54 Å². The summed E-state index contributed by atoms with van der Waals surface area (Å²) >= 11 is 5.88. The molecule has 20 heavy (non-hydrogen) atoms. The minimum absolute atomic E-state index is 0.0609. The van der Waals surface area contributed by atoms with E-state index in [9.17, 15) is 8.42 Å². The molecular weight excluding hydrogens is 300 g/mol. The van der Waals surface area contributed by atoms with Gasteiger partial charge in [-0.2, -0.15) is 0 Å². The number of halogens is 1. The molecule has 0 aliphatic rings. The van der Waals surface area contributed by atoms with Crippen molar-refractivity contribution >= 4 is 21.6 Å². The monoisotopic (exact) mass is 314 g/mol. The van der Waals surface area contributed by atoms with Gasteiger partial charge in [-0.15, -0.1) is 0 Å². The minimum Gasteiger partial charge on any atom is -0.324 e. The zero-order valence-electron chi connectivity index (χ0n) is 10.8. The Labute approximate surface area is 122 Å². The van der Waals surface area contributed by atoms with Crippen LogP contribution in [0, 0.1) is 0 Å². The lowest BCUT2D eigenvalue weighted by atomic mass is 10.1. The molecule has 8 heteroatoms. The summed E-state index contributed by atoms with van der Waals surface area (Å²) in [7, 11) is -2.15. The molecule has 2 rings (SSSR count). The Kier molecular flexibility index (Phi) is 4.44. The van der Waals surface area contributed by atoms with Crippen LogP contribution < -0.4 is 10.5 Å². The molecule has 1 atom stereocenters. The number of sulfonamides is 1. The first-order valence-electron chi connectivity index (χ1n) is 5.89. The van der Waals surface area contributed by atoms with Gasteiger partial charge < -0.3 is 10.3 Å². The summed E-state index contributed by atoms with van der Waals surface area (Å²) in [5, 5.41) is -0.132. The third-order valence-corrected chi connectivity index (χ3v) is 4.72. The van der Waals surface area contributed by atoms with E-state index in [2.05, 4.69) is 9.71 Å². The van der Waals surface area contributed by atoms with Crippen molar-refractivity contribution in [1.82, 2.24) is 14.3 Å². The number of aromatic nitrogens is 2. The molecule has 0 bridgehead atoms. The van der Waals surface area contributed by atoms with Gasteiger partial charge in [0.25, 0.3) is 10.0 Å². The second-order valence-electron chi connectivity index (χ2n) is 4.32. The fraction of sp³-hybridized carbons (Fsp3) is 0.250. The lowest BCUT2D eigenvalue weighted by Crippen LogP contribution is -2.32. The summed E-state index contributed by atoms with van der Waals surface area (Å²) in [5.41, 5.74) is 6.79. The van der Waals surface area contributed by atoms with Crippen molar-refractivity contribution in [3.8, 4) is 0 Å². The predicted molar refractivity (Wildman–Crippen MR) is 76.8 cm³/mol. The lowest BCUT2D eigenvalue weighted by molar-refractivity contribution is 0.569. The largest absolute Gasteiger partial charge is 0.324 e. The fourth-order valence-electron chi connectivity index (χ4n) is 1.66. The van der Waals surface area contributed by atoms with Crippen LogP contribution in [0.25, 0.3) is 0 Å². The number of aryl methyl sites for hydroxylation is 1. The van der Waals surface area contributed by atoms with Crippen LogP contribution in [-0.4, -0.2) is 24.5 Å². The highest BCUT2D eigenvalue weighted by atomic mass is 35.5. The molecule has 0 saturated carbocycles. The van der Waals surface area contributed by atoms with Crippen LogP contribution >= 0.6 is 11.6 Å². The van der Waals surface area contributed by atoms with Gasteiger partial charge in [0.15, 0.2) is 0 Å². The summed E-state index contributed by atoms with van der Waals surface area (Å²) in [4.78, 5) is 3.78. The van der Waals surface area contributed by atoms with Gasteiger partial charge in [0.2, 0.25) is 5.03 Å². The van der Waals surface area contributed by atoms with E-state index in [-0.39, 0.29) is 16.7 Å². The Hall–Kier alpha value is -1.41. The summed E-state index contributed by atoms with van der Waals surface area (Å²) < 4.78 is 28.0. The van der Waals surface area contributed by atoms with Gasteiger partial charge in [0.05, 0.1) is 6.33 Å². The van der Waals surface area contributed by atoms with E-state index in [1.54, 1.807) is 7.05 Å². The van der Waals surface area contributed by atoms with Crippen LogP contribution in [0.15, 0.2) is 41.7 Å². The fourth-order valence-corrected chi connectivity index (χ4v) is 3.14. The topological polar surface area (TPSA) is 90.0 Å². The van der Waals surface area contributed by atoms with Gasteiger partial charge in [-0.1, -0.05) is 41.9 Å². The number of benzene rings is 1. The van der Waals surface area contributed by atoms with Crippen molar-refractivity contribution < 1.29 is 8.42 Å². The first-order chi connectivity index (χ1) is 9.42. The molecule has 1 aromatic heterocycles. The van der Waals surface area contributed by atoms with Gasteiger partial charge in [0.1, 0.15) is 5.15 Å². The lowest BCUT2D eigenvalue weighted by Gasteiger charge is -2.12. The Morgan fingerprint density at radius 1 is 1.40 bits per heavy atom. The van der Waals surface area contributed by atoms with E-state index < -0.39 is 16.1 Å². The van der Waals surface area contributed by atoms with Crippen LogP contribution in [-0.2, 0) is 17.1 Å². The highest BCUT2D eigenvalue weighted by Gasteiger charge is 2.22. The molecule has 0 unspecified atom stereocenters. The molecule has 1 aromatic carbocycles. The van der Waals surface area contributed by atoms with Crippen molar-refractivity contribution in [3.05, 3.63) is 47.4 Å². The summed E-state index contributed by atoms with van der Waals surface area (Å²) in [5.74, 6) is 0. The summed E-state index contributed by atoms with van der Waals surface area (Å²) in [6.07, 6.45) is 1.34. The molecular formula is C12H15ClN4O2S. The maximum absolute atomic E-state index is 12.1.